The number of carbonyl (C=O) groups excluding carboxylic acids is 1. The summed E-state index contributed by atoms with van der Waals surface area (Å²) in [5.74, 6) is 0.404. The van der Waals surface area contributed by atoms with Crippen LogP contribution in [0.5, 0.6) is 0 Å². The molecule has 0 aliphatic heterocycles. The van der Waals surface area contributed by atoms with Gasteiger partial charge in [0.05, 0.1) is 25.8 Å². The maximum absolute atomic E-state index is 11.1. The molecule has 1 aromatic rings. The number of anilines is 1. The van der Waals surface area contributed by atoms with Crippen molar-refractivity contribution in [2.75, 3.05) is 32.2 Å². The molecule has 1 rings (SSSR count). The number of hydrogen-bond acceptors (Lipinski definition) is 6. The molecule has 0 spiro atoms. The zero-order valence-corrected chi connectivity index (χ0v) is 12.6. The highest BCUT2D eigenvalue weighted by atomic mass is 32.1. The average molecular weight is 286 g/mol. The summed E-state index contributed by atoms with van der Waals surface area (Å²) in [5.41, 5.74) is 0.736. The lowest BCUT2D eigenvalue weighted by molar-refractivity contribution is -0.139. The highest BCUT2D eigenvalue weighted by Gasteiger charge is 2.07. The highest BCUT2D eigenvalue weighted by Crippen LogP contribution is 2.15. The third-order valence-electron chi connectivity index (χ3n) is 2.47. The maximum atomic E-state index is 11.1. The summed E-state index contributed by atoms with van der Waals surface area (Å²) < 4.78 is 10.1. The van der Waals surface area contributed by atoms with Crippen LogP contribution in [0.1, 0.15) is 26.0 Å². The van der Waals surface area contributed by atoms with Gasteiger partial charge in [0, 0.05) is 18.5 Å². The van der Waals surface area contributed by atoms with Crippen molar-refractivity contribution in [3.8, 4) is 0 Å². The Hall–Kier alpha value is -1.14. The van der Waals surface area contributed by atoms with E-state index in [1.807, 2.05) is 5.38 Å². The molecule has 1 heterocycles. The van der Waals surface area contributed by atoms with Crippen molar-refractivity contribution in [2.45, 2.75) is 26.7 Å². The highest BCUT2D eigenvalue weighted by molar-refractivity contribution is 7.13. The molecule has 0 unspecified atom stereocenters. The number of nitrogens with one attached hydrogen (secondary N) is 1. The van der Waals surface area contributed by atoms with E-state index in [-0.39, 0.29) is 12.4 Å². The van der Waals surface area contributed by atoms with Crippen molar-refractivity contribution in [1.29, 1.82) is 0 Å². The van der Waals surface area contributed by atoms with Crippen molar-refractivity contribution >= 4 is 22.4 Å². The van der Waals surface area contributed by atoms with Crippen molar-refractivity contribution in [1.82, 2.24) is 4.98 Å². The van der Waals surface area contributed by atoms with Crippen LogP contribution in [-0.4, -0.2) is 37.8 Å². The lowest BCUT2D eigenvalue weighted by atomic mass is 10.1. The molecular weight excluding hydrogens is 264 g/mol. The van der Waals surface area contributed by atoms with E-state index < -0.39 is 0 Å². The standard InChI is InChI=1S/C13H22N2O3S/c1-10(2)4-6-18-7-5-14-13-15-11(9-19-13)8-12(16)17-3/h9-10H,4-8H2,1-3H3,(H,14,15). The molecule has 108 valence electrons. The molecule has 0 atom stereocenters. The van der Waals surface area contributed by atoms with E-state index in [0.29, 0.717) is 12.5 Å². The van der Waals surface area contributed by atoms with Gasteiger partial charge in [0.15, 0.2) is 5.13 Å². The molecule has 6 heteroatoms. The van der Waals surface area contributed by atoms with Gasteiger partial charge in [-0.05, 0) is 12.3 Å². The number of methoxy groups -OCH3 is 1. The molecule has 0 saturated heterocycles. The molecule has 0 fully saturated rings. The van der Waals surface area contributed by atoms with Gasteiger partial charge in [0.2, 0.25) is 0 Å². The Kier molecular flexibility index (Phi) is 7.43. The van der Waals surface area contributed by atoms with Crippen molar-refractivity contribution in [2.24, 2.45) is 5.92 Å². The van der Waals surface area contributed by atoms with Crippen LogP contribution in [0.4, 0.5) is 5.13 Å². The Balaban J connectivity index is 2.14. The maximum Gasteiger partial charge on any atom is 0.311 e. The third kappa shape index (κ3) is 7.12. The van der Waals surface area contributed by atoms with Crippen molar-refractivity contribution in [3.05, 3.63) is 11.1 Å². The van der Waals surface area contributed by atoms with Gasteiger partial charge in [0.25, 0.3) is 0 Å². The fraction of sp³-hybridized carbons (Fsp3) is 0.692. The summed E-state index contributed by atoms with van der Waals surface area (Å²) in [4.78, 5) is 15.4. The first-order chi connectivity index (χ1) is 9.11. The van der Waals surface area contributed by atoms with Crippen LogP contribution in [-0.2, 0) is 20.7 Å². The average Bonchev–Trinajstić information content (AvgIpc) is 2.80. The number of thiazole rings is 1. The fourth-order valence-electron chi connectivity index (χ4n) is 1.34. The minimum absolute atomic E-state index is 0.222. The monoisotopic (exact) mass is 286 g/mol. The first-order valence-corrected chi connectivity index (χ1v) is 7.32. The molecule has 0 aliphatic carbocycles. The molecule has 0 aromatic carbocycles. The van der Waals surface area contributed by atoms with Gasteiger partial charge in [-0.2, -0.15) is 0 Å². The number of nitrogens with zero attached hydrogens (tertiary/aromatic N) is 1. The molecule has 0 amide bonds. The van der Waals surface area contributed by atoms with Gasteiger partial charge in [0.1, 0.15) is 0 Å². The summed E-state index contributed by atoms with van der Waals surface area (Å²) in [6, 6.07) is 0. The third-order valence-corrected chi connectivity index (χ3v) is 3.32. The Morgan fingerprint density at radius 1 is 1.47 bits per heavy atom. The normalized spacial score (nSPS) is 10.7. The van der Waals surface area contributed by atoms with E-state index in [9.17, 15) is 4.79 Å². The second kappa shape index (κ2) is 8.87. The number of esters is 1. The summed E-state index contributed by atoms with van der Waals surface area (Å²) in [6.45, 7) is 6.55. The zero-order valence-electron chi connectivity index (χ0n) is 11.8. The molecule has 1 aromatic heterocycles. The predicted octanol–water partition coefficient (Wildman–Crippen LogP) is 2.33. The fourth-order valence-corrected chi connectivity index (χ4v) is 2.08. The number of rotatable bonds is 9. The van der Waals surface area contributed by atoms with E-state index in [1.54, 1.807) is 0 Å². The minimum Gasteiger partial charge on any atom is -0.469 e. The van der Waals surface area contributed by atoms with Crippen LogP contribution in [0.25, 0.3) is 0 Å². The number of hydrogen-bond donors (Lipinski definition) is 1. The zero-order chi connectivity index (χ0) is 14.1. The molecule has 0 aliphatic rings. The largest absolute Gasteiger partial charge is 0.469 e. The first kappa shape index (κ1) is 15.9. The topological polar surface area (TPSA) is 60.5 Å². The predicted molar refractivity (Wildman–Crippen MR) is 76.6 cm³/mol. The molecule has 1 N–H and O–H groups in total. The Labute approximate surface area is 118 Å². The number of ether oxygens (including phenoxy) is 2. The minimum atomic E-state index is -0.270. The first-order valence-electron chi connectivity index (χ1n) is 6.44. The molecular formula is C13H22N2O3S. The van der Waals surface area contributed by atoms with Crippen LogP contribution in [0.3, 0.4) is 0 Å². The number of aromatic nitrogens is 1. The van der Waals surface area contributed by atoms with Gasteiger partial charge < -0.3 is 14.8 Å². The van der Waals surface area contributed by atoms with Crippen LogP contribution in [0, 0.1) is 5.92 Å². The van der Waals surface area contributed by atoms with Gasteiger partial charge in [-0.1, -0.05) is 13.8 Å². The molecule has 0 radical (unpaired) electrons. The number of carbonyl (C=O) groups is 1. The molecule has 0 bridgehead atoms. The van der Waals surface area contributed by atoms with E-state index in [4.69, 9.17) is 4.74 Å². The lowest BCUT2D eigenvalue weighted by Crippen LogP contribution is -2.11. The van der Waals surface area contributed by atoms with Crippen LogP contribution in [0.15, 0.2) is 5.38 Å². The quantitative estimate of drug-likeness (QED) is 0.557. The SMILES string of the molecule is COC(=O)Cc1csc(NCCOCCC(C)C)n1. The second-order valence-corrected chi connectivity index (χ2v) is 5.48. The lowest BCUT2D eigenvalue weighted by Gasteiger charge is -2.06. The van der Waals surface area contributed by atoms with Crippen LogP contribution >= 0.6 is 11.3 Å². The summed E-state index contributed by atoms with van der Waals surface area (Å²) in [7, 11) is 1.38. The van der Waals surface area contributed by atoms with Gasteiger partial charge in [-0.3, -0.25) is 4.79 Å². The Morgan fingerprint density at radius 3 is 2.95 bits per heavy atom. The van der Waals surface area contributed by atoms with E-state index in [0.717, 1.165) is 30.4 Å². The molecule has 0 saturated carbocycles. The summed E-state index contributed by atoms with van der Waals surface area (Å²) in [6.07, 6.45) is 1.31. The Bertz CT molecular complexity index is 380. The van der Waals surface area contributed by atoms with E-state index >= 15 is 0 Å². The van der Waals surface area contributed by atoms with Crippen LogP contribution < -0.4 is 5.32 Å². The second-order valence-electron chi connectivity index (χ2n) is 4.62. The van der Waals surface area contributed by atoms with Crippen molar-refractivity contribution < 1.29 is 14.3 Å². The smallest absolute Gasteiger partial charge is 0.311 e. The van der Waals surface area contributed by atoms with Gasteiger partial charge in [-0.25, -0.2) is 4.98 Å². The van der Waals surface area contributed by atoms with Gasteiger partial charge >= 0.3 is 5.97 Å². The van der Waals surface area contributed by atoms with Crippen LogP contribution in [0.2, 0.25) is 0 Å². The Morgan fingerprint density at radius 2 is 2.26 bits per heavy atom. The van der Waals surface area contributed by atoms with Gasteiger partial charge in [-0.15, -0.1) is 11.3 Å². The van der Waals surface area contributed by atoms with E-state index in [1.165, 1.54) is 18.4 Å². The molecule has 5 nitrogen and oxygen atoms in total. The summed E-state index contributed by atoms with van der Waals surface area (Å²) >= 11 is 1.49. The van der Waals surface area contributed by atoms with E-state index in [2.05, 4.69) is 28.9 Å². The summed E-state index contributed by atoms with van der Waals surface area (Å²) in [5, 5.41) is 5.85. The molecule has 19 heavy (non-hydrogen) atoms. The van der Waals surface area contributed by atoms with Crippen molar-refractivity contribution in [3.63, 3.8) is 0 Å².